The maximum absolute atomic E-state index is 12.2. The molecule has 8 heteroatoms. The molecule has 0 aromatic carbocycles. The Morgan fingerprint density at radius 2 is 2.00 bits per heavy atom. The molecule has 28 heavy (non-hydrogen) atoms. The van der Waals surface area contributed by atoms with Gasteiger partial charge in [-0.25, -0.2) is 9.97 Å². The summed E-state index contributed by atoms with van der Waals surface area (Å²) in [6.45, 7) is 4.81. The molecule has 2 saturated heterocycles. The Balaban J connectivity index is 1.37. The summed E-state index contributed by atoms with van der Waals surface area (Å²) >= 11 is 0. The maximum atomic E-state index is 12.2. The van der Waals surface area contributed by atoms with Crippen LogP contribution in [0.5, 0.6) is 6.01 Å². The van der Waals surface area contributed by atoms with Gasteiger partial charge in [0.25, 0.3) is 5.56 Å². The average molecular weight is 385 g/mol. The van der Waals surface area contributed by atoms with Crippen LogP contribution in [-0.4, -0.2) is 53.1 Å². The highest BCUT2D eigenvalue weighted by Crippen LogP contribution is 2.28. The first-order chi connectivity index (χ1) is 13.7. The first-order valence-corrected chi connectivity index (χ1v) is 10.2. The summed E-state index contributed by atoms with van der Waals surface area (Å²) in [6.07, 6.45) is 9.44. The first kappa shape index (κ1) is 18.9. The summed E-state index contributed by atoms with van der Waals surface area (Å²) in [5, 5.41) is 0. The van der Waals surface area contributed by atoms with Gasteiger partial charge >= 0.3 is 6.01 Å². The zero-order valence-corrected chi connectivity index (χ0v) is 16.5. The summed E-state index contributed by atoms with van der Waals surface area (Å²) in [5.41, 5.74) is 2.05. The third-order valence-corrected chi connectivity index (χ3v) is 5.74. The van der Waals surface area contributed by atoms with Crippen LogP contribution in [0.25, 0.3) is 0 Å². The monoisotopic (exact) mass is 385 g/mol. The van der Waals surface area contributed by atoms with Crippen LogP contribution in [0.15, 0.2) is 23.3 Å². The minimum atomic E-state index is -0.0344. The van der Waals surface area contributed by atoms with Gasteiger partial charge in [0.1, 0.15) is 0 Å². The normalized spacial score (nSPS) is 19.0. The molecule has 4 heterocycles. The van der Waals surface area contributed by atoms with Crippen molar-refractivity contribution in [2.24, 2.45) is 0 Å². The molecule has 0 atom stereocenters. The number of aromatic amines is 2. The average Bonchev–Trinajstić information content (AvgIpc) is 2.75. The zero-order chi connectivity index (χ0) is 19.3. The van der Waals surface area contributed by atoms with Crippen molar-refractivity contribution in [1.82, 2.24) is 19.9 Å². The SMILES string of the molecule is COc1ncc(CN2CCC(c3cc(=O)[nH]c(N4CCCCC4)n3)CC2)c[nH+]1. The van der Waals surface area contributed by atoms with Crippen molar-refractivity contribution in [2.75, 3.05) is 38.2 Å². The molecule has 0 spiro atoms. The predicted molar refractivity (Wildman–Crippen MR) is 106 cm³/mol. The van der Waals surface area contributed by atoms with Crippen LogP contribution in [0.4, 0.5) is 5.95 Å². The molecule has 0 bridgehead atoms. The van der Waals surface area contributed by atoms with Crippen LogP contribution in [0.2, 0.25) is 0 Å². The number of nitrogens with one attached hydrogen (secondary N) is 2. The van der Waals surface area contributed by atoms with E-state index in [-0.39, 0.29) is 5.56 Å². The van der Waals surface area contributed by atoms with Gasteiger partial charge in [-0.15, -0.1) is 0 Å². The lowest BCUT2D eigenvalue weighted by Gasteiger charge is -2.32. The van der Waals surface area contributed by atoms with Crippen molar-refractivity contribution in [1.29, 1.82) is 0 Å². The van der Waals surface area contributed by atoms with E-state index in [4.69, 9.17) is 9.72 Å². The van der Waals surface area contributed by atoms with Crippen LogP contribution in [0, 0.1) is 0 Å². The van der Waals surface area contributed by atoms with Gasteiger partial charge in [0.15, 0.2) is 6.20 Å². The number of ether oxygens (including phenoxy) is 1. The number of rotatable bonds is 5. The number of H-pyrrole nitrogens is 2. The van der Waals surface area contributed by atoms with E-state index in [2.05, 4.69) is 24.8 Å². The summed E-state index contributed by atoms with van der Waals surface area (Å²) in [4.78, 5) is 31.9. The van der Waals surface area contributed by atoms with Crippen LogP contribution in [-0.2, 0) is 6.54 Å². The fraction of sp³-hybridized carbons (Fsp3) is 0.600. The molecular weight excluding hydrogens is 356 g/mol. The summed E-state index contributed by atoms with van der Waals surface area (Å²) < 4.78 is 5.07. The van der Waals surface area contributed by atoms with Crippen molar-refractivity contribution in [3.63, 3.8) is 0 Å². The molecule has 2 aliphatic rings. The lowest BCUT2D eigenvalue weighted by Crippen LogP contribution is -2.35. The van der Waals surface area contributed by atoms with Crippen LogP contribution in [0.1, 0.15) is 49.3 Å². The number of nitrogens with zero attached hydrogens (tertiary/aromatic N) is 4. The van der Waals surface area contributed by atoms with Crippen LogP contribution < -0.4 is 20.2 Å². The van der Waals surface area contributed by atoms with Crippen molar-refractivity contribution < 1.29 is 9.72 Å². The van der Waals surface area contributed by atoms with Gasteiger partial charge in [-0.2, -0.15) is 0 Å². The smallest absolute Gasteiger partial charge is 0.432 e. The first-order valence-electron chi connectivity index (χ1n) is 10.2. The van der Waals surface area contributed by atoms with Gasteiger partial charge in [-0.05, 0) is 50.2 Å². The van der Waals surface area contributed by atoms with E-state index in [0.29, 0.717) is 11.9 Å². The summed E-state index contributed by atoms with van der Waals surface area (Å²) in [7, 11) is 1.60. The molecule has 2 fully saturated rings. The molecule has 2 aliphatic heterocycles. The molecule has 150 valence electrons. The predicted octanol–water partition coefficient (Wildman–Crippen LogP) is 1.36. The number of hydrogen-bond donors (Lipinski definition) is 1. The van der Waals surface area contributed by atoms with E-state index in [0.717, 1.165) is 62.8 Å². The molecule has 0 unspecified atom stereocenters. The molecule has 4 rings (SSSR count). The Morgan fingerprint density at radius 3 is 2.68 bits per heavy atom. The van der Waals surface area contributed by atoms with Gasteiger partial charge in [0.2, 0.25) is 5.95 Å². The number of likely N-dealkylation sites (tertiary alicyclic amines) is 1. The number of methoxy groups -OCH3 is 1. The third-order valence-electron chi connectivity index (χ3n) is 5.74. The zero-order valence-electron chi connectivity index (χ0n) is 16.5. The Labute approximate surface area is 165 Å². The van der Waals surface area contributed by atoms with Gasteiger partial charge in [0.05, 0.1) is 19.0 Å². The minimum absolute atomic E-state index is 0.0344. The molecule has 2 aromatic rings. The third kappa shape index (κ3) is 4.49. The summed E-state index contributed by atoms with van der Waals surface area (Å²) in [6, 6.07) is 2.21. The number of piperidine rings is 2. The molecule has 0 aliphatic carbocycles. The van der Waals surface area contributed by atoms with Gasteiger partial charge in [0, 0.05) is 37.2 Å². The largest absolute Gasteiger partial charge is 0.495 e. The lowest BCUT2D eigenvalue weighted by atomic mass is 9.93. The highest BCUT2D eigenvalue weighted by molar-refractivity contribution is 5.31. The second-order valence-corrected chi connectivity index (χ2v) is 7.72. The topological polar surface area (TPSA) is 88.5 Å². The molecule has 2 aromatic heterocycles. The fourth-order valence-electron chi connectivity index (χ4n) is 4.14. The highest BCUT2D eigenvalue weighted by atomic mass is 16.5. The van der Waals surface area contributed by atoms with Crippen LogP contribution in [0.3, 0.4) is 0 Å². The highest BCUT2D eigenvalue weighted by Gasteiger charge is 2.24. The number of hydrogen-bond acceptors (Lipinski definition) is 6. The molecule has 0 saturated carbocycles. The van der Waals surface area contributed by atoms with Crippen molar-refractivity contribution in [2.45, 2.75) is 44.6 Å². The van der Waals surface area contributed by atoms with E-state index in [1.165, 1.54) is 19.3 Å². The number of anilines is 1. The van der Waals surface area contributed by atoms with E-state index in [9.17, 15) is 4.79 Å². The Morgan fingerprint density at radius 1 is 1.21 bits per heavy atom. The van der Waals surface area contributed by atoms with E-state index in [1.807, 2.05) is 12.4 Å². The second kappa shape index (κ2) is 8.68. The quantitative estimate of drug-likeness (QED) is 0.836. The van der Waals surface area contributed by atoms with Crippen molar-refractivity contribution >= 4 is 5.95 Å². The van der Waals surface area contributed by atoms with Gasteiger partial charge in [-0.1, -0.05) is 0 Å². The van der Waals surface area contributed by atoms with Crippen molar-refractivity contribution in [3.8, 4) is 6.01 Å². The standard InChI is InChI=1S/C20H28N6O2/c1-28-20-21-12-15(13-22-20)14-25-9-5-16(6-10-25)17-11-18(27)24-19(23-17)26-7-3-2-4-8-26/h11-13,16H,2-10,14H2,1H3,(H,23,24,27)/p+1. The Kier molecular flexibility index (Phi) is 5.85. The van der Waals surface area contributed by atoms with Gasteiger partial charge in [-0.3, -0.25) is 14.7 Å². The molecular formula is C20H29N6O2+. The Hall–Kier alpha value is -2.48. The molecule has 0 radical (unpaired) electrons. The number of aromatic nitrogens is 4. The second-order valence-electron chi connectivity index (χ2n) is 7.72. The van der Waals surface area contributed by atoms with E-state index in [1.54, 1.807) is 13.2 Å². The molecule has 2 N–H and O–H groups in total. The fourth-order valence-corrected chi connectivity index (χ4v) is 4.14. The molecule has 0 amide bonds. The van der Waals surface area contributed by atoms with Crippen molar-refractivity contribution in [3.05, 3.63) is 40.1 Å². The van der Waals surface area contributed by atoms with E-state index < -0.39 is 0 Å². The maximum Gasteiger partial charge on any atom is 0.495 e. The van der Waals surface area contributed by atoms with Crippen LogP contribution >= 0.6 is 0 Å². The molecule has 8 nitrogen and oxygen atoms in total. The van der Waals surface area contributed by atoms with Gasteiger partial charge < -0.3 is 9.64 Å². The lowest BCUT2D eigenvalue weighted by molar-refractivity contribution is -0.399. The summed E-state index contributed by atoms with van der Waals surface area (Å²) in [5.74, 6) is 1.10. The Bertz CT molecular complexity index is 823. The minimum Gasteiger partial charge on any atom is -0.432 e. The van der Waals surface area contributed by atoms with E-state index >= 15 is 0 Å².